The van der Waals surface area contributed by atoms with Crippen LogP contribution in [0, 0.1) is 0 Å². The summed E-state index contributed by atoms with van der Waals surface area (Å²) in [7, 11) is -3.69. The van der Waals surface area contributed by atoms with Gasteiger partial charge in [0.15, 0.2) is 16.6 Å². The average Bonchev–Trinajstić information content (AvgIpc) is 3.08. The van der Waals surface area contributed by atoms with Crippen molar-refractivity contribution in [2.24, 2.45) is 0 Å². The molecule has 0 saturated heterocycles. The number of amides is 2. The highest BCUT2D eigenvalue weighted by Crippen LogP contribution is 2.35. The van der Waals surface area contributed by atoms with Gasteiger partial charge in [-0.2, -0.15) is 4.31 Å². The summed E-state index contributed by atoms with van der Waals surface area (Å²) in [5.74, 6) is 0.990. The van der Waals surface area contributed by atoms with Gasteiger partial charge in [-0.3, -0.25) is 5.32 Å². The molecule has 9 nitrogen and oxygen atoms in total. The first-order chi connectivity index (χ1) is 13.8. The summed E-state index contributed by atoms with van der Waals surface area (Å²) in [6, 6.07) is 4.35. The average molecular weight is 439 g/mol. The van der Waals surface area contributed by atoms with Gasteiger partial charge < -0.3 is 14.8 Å². The number of urea groups is 1. The Kier molecular flexibility index (Phi) is 5.36. The van der Waals surface area contributed by atoms with Gasteiger partial charge in [0.25, 0.3) is 0 Å². The first-order valence-corrected chi connectivity index (χ1v) is 11.5. The zero-order valence-electron chi connectivity index (χ0n) is 16.1. The van der Waals surface area contributed by atoms with Crippen molar-refractivity contribution in [2.45, 2.75) is 37.8 Å². The fourth-order valence-electron chi connectivity index (χ4n) is 3.16. The summed E-state index contributed by atoms with van der Waals surface area (Å²) in [6.45, 7) is 5.12. The molecule has 156 valence electrons. The van der Waals surface area contributed by atoms with Crippen LogP contribution in [0.3, 0.4) is 0 Å². The van der Waals surface area contributed by atoms with Crippen LogP contribution in [0.15, 0.2) is 23.1 Å². The molecule has 2 aromatic rings. The lowest BCUT2D eigenvalue weighted by Crippen LogP contribution is -2.35. The number of hydrogen-bond donors (Lipinski definition) is 2. The highest BCUT2D eigenvalue weighted by molar-refractivity contribution is 7.89. The predicted molar refractivity (Wildman–Crippen MR) is 108 cm³/mol. The summed E-state index contributed by atoms with van der Waals surface area (Å²) in [5.41, 5.74) is 0.823. The van der Waals surface area contributed by atoms with Crippen molar-refractivity contribution in [2.75, 3.05) is 25.1 Å². The minimum Gasteiger partial charge on any atom is -0.486 e. The molecule has 1 aromatic carbocycles. The van der Waals surface area contributed by atoms with E-state index in [0.717, 1.165) is 10.6 Å². The molecular formula is C18H22N4O5S2. The Morgan fingerprint density at radius 2 is 2.00 bits per heavy atom. The topological polar surface area (TPSA) is 110 Å². The van der Waals surface area contributed by atoms with E-state index in [1.807, 2.05) is 13.8 Å². The zero-order chi connectivity index (χ0) is 20.6. The number of carbonyl (C=O) groups is 1. The first kappa shape index (κ1) is 19.9. The molecule has 1 aromatic heterocycles. The molecule has 0 unspecified atom stereocenters. The quantitative estimate of drug-likeness (QED) is 0.757. The number of carbonyl (C=O) groups excluding carboxylic acids is 1. The van der Waals surface area contributed by atoms with Gasteiger partial charge >= 0.3 is 6.03 Å². The minimum absolute atomic E-state index is 0.0104. The highest BCUT2D eigenvalue weighted by atomic mass is 32.2. The molecule has 0 radical (unpaired) electrons. The maximum absolute atomic E-state index is 13.1. The molecule has 2 N–H and O–H groups in total. The van der Waals surface area contributed by atoms with Crippen LogP contribution in [-0.2, 0) is 23.0 Å². The molecule has 2 amide bonds. The highest BCUT2D eigenvalue weighted by Gasteiger charge is 2.31. The second-order valence-electron chi connectivity index (χ2n) is 7.04. The molecule has 0 aliphatic carbocycles. The monoisotopic (exact) mass is 438 g/mol. The van der Waals surface area contributed by atoms with Crippen molar-refractivity contribution in [1.82, 2.24) is 14.6 Å². The Morgan fingerprint density at radius 3 is 2.76 bits per heavy atom. The van der Waals surface area contributed by atoms with Crippen molar-refractivity contribution < 1.29 is 22.7 Å². The molecule has 0 saturated carbocycles. The third-order valence-corrected chi connectivity index (χ3v) is 7.33. The Bertz CT molecular complexity index is 1030. The number of benzene rings is 1. The van der Waals surface area contributed by atoms with Crippen LogP contribution in [0.25, 0.3) is 0 Å². The van der Waals surface area contributed by atoms with E-state index in [9.17, 15) is 13.2 Å². The van der Waals surface area contributed by atoms with Gasteiger partial charge in [-0.15, -0.1) is 0 Å². The fourth-order valence-corrected chi connectivity index (χ4v) is 5.68. The number of fused-ring (bicyclic) bond motifs is 2. The summed E-state index contributed by atoms with van der Waals surface area (Å²) in [5, 5.41) is 5.91. The smallest absolute Gasteiger partial charge is 0.321 e. The zero-order valence-corrected chi connectivity index (χ0v) is 17.7. The number of anilines is 1. The Balaban J connectivity index is 1.51. The number of thiazole rings is 1. The van der Waals surface area contributed by atoms with Gasteiger partial charge in [0.1, 0.15) is 13.2 Å². The molecular weight excluding hydrogens is 416 g/mol. The summed E-state index contributed by atoms with van der Waals surface area (Å²) < 4.78 is 38.6. The van der Waals surface area contributed by atoms with Gasteiger partial charge in [0.05, 0.1) is 17.1 Å². The molecule has 0 atom stereocenters. The standard InChI is InChI=1S/C18H22N4O5S2/c1-11(2)19-17(23)21-18-20-13-5-6-22(10-16(13)28-18)29(24,25)12-3-4-14-15(9-12)27-8-7-26-14/h3-4,9,11H,5-8,10H2,1-2H3,(H2,19,20,21,23). The van der Waals surface area contributed by atoms with Gasteiger partial charge in [-0.05, 0) is 26.0 Å². The van der Waals surface area contributed by atoms with E-state index < -0.39 is 10.0 Å². The van der Waals surface area contributed by atoms with Crippen LogP contribution in [0.4, 0.5) is 9.93 Å². The molecule has 2 aliphatic rings. The first-order valence-electron chi connectivity index (χ1n) is 9.29. The lowest BCUT2D eigenvalue weighted by molar-refractivity contribution is 0.171. The summed E-state index contributed by atoms with van der Waals surface area (Å²) in [4.78, 5) is 17.3. The van der Waals surface area contributed by atoms with Gasteiger partial charge in [0.2, 0.25) is 10.0 Å². The Labute approximate surface area is 173 Å². The maximum atomic E-state index is 13.1. The maximum Gasteiger partial charge on any atom is 0.321 e. The Hall–Kier alpha value is -2.37. The molecule has 11 heteroatoms. The lowest BCUT2D eigenvalue weighted by Gasteiger charge is -2.26. The van der Waals surface area contributed by atoms with Crippen molar-refractivity contribution >= 4 is 32.5 Å². The van der Waals surface area contributed by atoms with E-state index in [4.69, 9.17) is 9.47 Å². The van der Waals surface area contributed by atoms with Crippen LogP contribution in [-0.4, -0.2) is 49.5 Å². The SMILES string of the molecule is CC(C)NC(=O)Nc1nc2c(s1)CN(S(=O)(=O)c1ccc3c(c1)OCCO3)CC2. The number of sulfonamides is 1. The Morgan fingerprint density at radius 1 is 1.24 bits per heavy atom. The molecule has 0 spiro atoms. The van der Waals surface area contributed by atoms with Crippen LogP contribution < -0.4 is 20.1 Å². The van der Waals surface area contributed by atoms with Gasteiger partial charge in [0, 0.05) is 30.0 Å². The van der Waals surface area contributed by atoms with E-state index in [2.05, 4.69) is 15.6 Å². The number of aromatic nitrogens is 1. The van der Waals surface area contributed by atoms with E-state index >= 15 is 0 Å². The number of hydrogen-bond acceptors (Lipinski definition) is 7. The number of nitrogens with zero attached hydrogens (tertiary/aromatic N) is 2. The molecule has 0 fully saturated rings. The lowest BCUT2D eigenvalue weighted by atomic mass is 10.2. The van der Waals surface area contributed by atoms with Crippen molar-refractivity contribution in [3.63, 3.8) is 0 Å². The van der Waals surface area contributed by atoms with E-state index in [1.54, 1.807) is 6.07 Å². The summed E-state index contributed by atoms with van der Waals surface area (Å²) in [6.07, 6.45) is 0.489. The van der Waals surface area contributed by atoms with E-state index in [-0.39, 0.29) is 23.5 Å². The van der Waals surface area contributed by atoms with Crippen LogP contribution >= 0.6 is 11.3 Å². The minimum atomic E-state index is -3.69. The number of ether oxygens (including phenoxy) is 2. The third kappa shape index (κ3) is 4.16. The van der Waals surface area contributed by atoms with Crippen molar-refractivity contribution in [3.8, 4) is 11.5 Å². The molecule has 29 heavy (non-hydrogen) atoms. The fraction of sp³-hybridized carbons (Fsp3) is 0.444. The van der Waals surface area contributed by atoms with Crippen LogP contribution in [0.2, 0.25) is 0 Å². The molecule has 0 bridgehead atoms. The number of rotatable bonds is 4. The summed E-state index contributed by atoms with van der Waals surface area (Å²) >= 11 is 1.29. The molecule has 2 aliphatic heterocycles. The van der Waals surface area contributed by atoms with Crippen LogP contribution in [0.5, 0.6) is 11.5 Å². The van der Waals surface area contributed by atoms with E-state index in [1.165, 1.54) is 27.8 Å². The molecule has 4 rings (SSSR count). The second kappa shape index (κ2) is 7.81. The predicted octanol–water partition coefficient (Wildman–Crippen LogP) is 2.19. The van der Waals surface area contributed by atoms with Gasteiger partial charge in [-0.25, -0.2) is 18.2 Å². The third-order valence-electron chi connectivity index (χ3n) is 4.49. The van der Waals surface area contributed by atoms with Crippen LogP contribution in [0.1, 0.15) is 24.4 Å². The van der Waals surface area contributed by atoms with Gasteiger partial charge in [-0.1, -0.05) is 11.3 Å². The largest absolute Gasteiger partial charge is 0.486 e. The van der Waals surface area contributed by atoms with E-state index in [0.29, 0.717) is 42.8 Å². The van der Waals surface area contributed by atoms with Crippen molar-refractivity contribution in [3.05, 3.63) is 28.8 Å². The van der Waals surface area contributed by atoms with Crippen molar-refractivity contribution in [1.29, 1.82) is 0 Å². The normalized spacial score (nSPS) is 16.4. The second-order valence-corrected chi connectivity index (χ2v) is 10.1. The number of nitrogens with one attached hydrogen (secondary N) is 2. The molecule has 3 heterocycles.